The van der Waals surface area contributed by atoms with Gasteiger partial charge in [-0.25, -0.2) is 0 Å². The minimum absolute atomic E-state index is 0.158. The Morgan fingerprint density at radius 2 is 1.74 bits per heavy atom. The van der Waals surface area contributed by atoms with Gasteiger partial charge in [-0.3, -0.25) is 9.59 Å². The Hall–Kier alpha value is -3.32. The topological polar surface area (TPSA) is 76.7 Å². The highest BCUT2D eigenvalue weighted by atomic mass is 32.1. The summed E-state index contributed by atoms with van der Waals surface area (Å²) in [5, 5.41) is 6.80. The van der Waals surface area contributed by atoms with E-state index < -0.39 is 0 Å². The smallest absolute Gasteiger partial charge is 0.258 e. The van der Waals surface area contributed by atoms with Crippen molar-refractivity contribution in [1.29, 1.82) is 0 Å². The monoisotopic (exact) mass is 534 g/mol. The van der Waals surface area contributed by atoms with Crippen LogP contribution in [0.5, 0.6) is 11.5 Å². The van der Waals surface area contributed by atoms with E-state index in [1.54, 1.807) is 37.7 Å². The van der Waals surface area contributed by atoms with E-state index in [4.69, 9.17) is 9.47 Å². The third kappa shape index (κ3) is 6.04. The van der Waals surface area contributed by atoms with Gasteiger partial charge in [-0.15, -0.1) is 11.3 Å². The second-order valence-corrected chi connectivity index (χ2v) is 12.3. The van der Waals surface area contributed by atoms with Crippen LogP contribution in [-0.2, 0) is 24.1 Å². The number of methoxy groups -OCH3 is 2. The van der Waals surface area contributed by atoms with Crippen molar-refractivity contribution in [2.24, 2.45) is 11.3 Å². The number of fused-ring (bicyclic) bond motifs is 1. The van der Waals surface area contributed by atoms with Crippen molar-refractivity contribution in [3.05, 3.63) is 69.1 Å². The molecule has 0 saturated heterocycles. The number of ether oxygens (including phenoxy) is 2. The summed E-state index contributed by atoms with van der Waals surface area (Å²) in [5.74, 6) is 1.36. The molecule has 0 aliphatic heterocycles. The molecule has 3 aromatic rings. The van der Waals surface area contributed by atoms with Crippen molar-refractivity contribution in [1.82, 2.24) is 0 Å². The summed E-state index contributed by atoms with van der Waals surface area (Å²) in [7, 11) is 3.15. The Kier molecular flexibility index (Phi) is 8.16. The minimum Gasteiger partial charge on any atom is -0.493 e. The Morgan fingerprint density at radius 3 is 2.39 bits per heavy atom. The zero-order valence-electron chi connectivity index (χ0n) is 23.4. The van der Waals surface area contributed by atoms with Crippen LogP contribution in [0.2, 0.25) is 0 Å². The number of benzene rings is 2. The molecule has 1 atom stereocenters. The van der Waals surface area contributed by atoms with E-state index in [0.717, 1.165) is 47.2 Å². The Labute approximate surface area is 229 Å². The van der Waals surface area contributed by atoms with Gasteiger partial charge >= 0.3 is 0 Å². The molecule has 1 aliphatic rings. The lowest BCUT2D eigenvalue weighted by Crippen LogP contribution is -2.27. The number of rotatable bonds is 7. The predicted octanol–water partition coefficient (Wildman–Crippen LogP) is 6.97. The van der Waals surface area contributed by atoms with Crippen molar-refractivity contribution in [2.45, 2.75) is 60.3 Å². The summed E-state index contributed by atoms with van der Waals surface area (Å²) < 4.78 is 10.7. The predicted molar refractivity (Wildman–Crippen MR) is 155 cm³/mol. The molecule has 0 spiro atoms. The molecule has 4 rings (SSSR count). The van der Waals surface area contributed by atoms with Crippen LogP contribution in [0.4, 0.5) is 10.7 Å². The number of carbonyl (C=O) groups excluding carboxylic acids is 2. The van der Waals surface area contributed by atoms with Gasteiger partial charge in [0.05, 0.1) is 26.2 Å². The van der Waals surface area contributed by atoms with Crippen LogP contribution in [0.1, 0.15) is 64.7 Å². The van der Waals surface area contributed by atoms with Crippen molar-refractivity contribution >= 4 is 33.8 Å². The third-order valence-electron chi connectivity index (χ3n) is 7.41. The van der Waals surface area contributed by atoms with Crippen LogP contribution in [0.3, 0.4) is 0 Å². The first-order chi connectivity index (χ1) is 18.0. The number of thiophene rings is 1. The van der Waals surface area contributed by atoms with Crippen LogP contribution in [0.25, 0.3) is 0 Å². The number of hydrogen-bond acceptors (Lipinski definition) is 5. The lowest BCUT2D eigenvalue weighted by molar-refractivity contribution is -0.115. The van der Waals surface area contributed by atoms with Gasteiger partial charge in [-0.2, -0.15) is 0 Å². The highest BCUT2D eigenvalue weighted by Crippen LogP contribution is 2.44. The molecule has 2 amide bonds. The van der Waals surface area contributed by atoms with Gasteiger partial charge in [0.25, 0.3) is 5.91 Å². The molecule has 1 aromatic heterocycles. The highest BCUT2D eigenvalue weighted by molar-refractivity contribution is 7.17. The third-order valence-corrected chi connectivity index (χ3v) is 8.58. The van der Waals surface area contributed by atoms with E-state index in [0.29, 0.717) is 28.0 Å². The first-order valence-electron chi connectivity index (χ1n) is 13.0. The van der Waals surface area contributed by atoms with Crippen LogP contribution < -0.4 is 20.1 Å². The maximum absolute atomic E-state index is 13.7. The largest absolute Gasteiger partial charge is 0.493 e. The molecule has 0 fully saturated rings. The molecule has 1 aliphatic carbocycles. The van der Waals surface area contributed by atoms with Gasteiger partial charge in [-0.05, 0) is 79.3 Å². The fourth-order valence-corrected chi connectivity index (χ4v) is 6.48. The van der Waals surface area contributed by atoms with Crippen LogP contribution in [-0.4, -0.2) is 26.0 Å². The van der Waals surface area contributed by atoms with Gasteiger partial charge in [-0.1, -0.05) is 44.5 Å². The van der Waals surface area contributed by atoms with Crippen LogP contribution in [0.15, 0.2) is 36.4 Å². The van der Waals surface area contributed by atoms with Crippen molar-refractivity contribution in [3.63, 3.8) is 0 Å². The zero-order chi connectivity index (χ0) is 27.6. The Bertz CT molecular complexity index is 1350. The van der Waals surface area contributed by atoms with Gasteiger partial charge < -0.3 is 20.1 Å². The summed E-state index contributed by atoms with van der Waals surface area (Å²) in [6.45, 7) is 10.8. The fraction of sp³-hybridized carbons (Fsp3) is 0.419. The molecule has 0 saturated carbocycles. The molecule has 38 heavy (non-hydrogen) atoms. The Morgan fingerprint density at radius 1 is 1.00 bits per heavy atom. The summed E-state index contributed by atoms with van der Waals surface area (Å²) in [5.41, 5.74) is 5.58. The quantitative estimate of drug-likeness (QED) is 0.343. The second kappa shape index (κ2) is 11.2. The van der Waals surface area contributed by atoms with E-state index >= 15 is 0 Å². The molecule has 2 aromatic carbocycles. The lowest BCUT2D eigenvalue weighted by atomic mass is 9.72. The number of anilines is 2. The second-order valence-electron chi connectivity index (χ2n) is 11.2. The molecular formula is C31H38N2O4S. The summed E-state index contributed by atoms with van der Waals surface area (Å²) in [4.78, 5) is 28.1. The normalized spacial score (nSPS) is 15.0. The lowest BCUT2D eigenvalue weighted by Gasteiger charge is -2.33. The van der Waals surface area contributed by atoms with Crippen molar-refractivity contribution in [3.8, 4) is 11.5 Å². The molecule has 0 radical (unpaired) electrons. The van der Waals surface area contributed by atoms with E-state index in [9.17, 15) is 9.59 Å². The molecule has 7 heteroatoms. The maximum atomic E-state index is 13.7. The zero-order valence-corrected chi connectivity index (χ0v) is 24.2. The van der Waals surface area contributed by atoms with E-state index in [1.165, 1.54) is 4.88 Å². The molecule has 2 N–H and O–H groups in total. The summed E-state index contributed by atoms with van der Waals surface area (Å²) in [6.07, 6.45) is 2.93. The van der Waals surface area contributed by atoms with Crippen molar-refractivity contribution < 1.29 is 19.1 Å². The number of carbonyl (C=O) groups is 2. The molecule has 1 unspecified atom stereocenters. The SMILES string of the molecule is COc1ccc(CC(=O)Nc2sc3c(c2C(=O)Nc2ccc(C)cc2C)CCC(C(C)(C)C)C3)cc1OC. The number of nitrogens with one attached hydrogen (secondary N) is 2. The molecule has 0 bridgehead atoms. The van der Waals surface area contributed by atoms with Gasteiger partial charge in [0.15, 0.2) is 11.5 Å². The van der Waals surface area contributed by atoms with E-state index in [-0.39, 0.29) is 23.7 Å². The van der Waals surface area contributed by atoms with Crippen LogP contribution >= 0.6 is 11.3 Å². The Balaban J connectivity index is 1.63. The van der Waals surface area contributed by atoms with Crippen molar-refractivity contribution in [2.75, 3.05) is 24.9 Å². The first-order valence-corrected chi connectivity index (χ1v) is 13.9. The average molecular weight is 535 g/mol. The number of hydrogen-bond donors (Lipinski definition) is 2. The van der Waals surface area contributed by atoms with Gasteiger partial charge in [0, 0.05) is 10.6 Å². The average Bonchev–Trinajstić information content (AvgIpc) is 3.22. The first kappa shape index (κ1) is 27.7. The molecule has 6 nitrogen and oxygen atoms in total. The van der Waals surface area contributed by atoms with E-state index in [1.807, 2.05) is 32.0 Å². The number of amides is 2. The van der Waals surface area contributed by atoms with E-state index in [2.05, 4.69) is 37.5 Å². The number of aryl methyl sites for hydroxylation is 2. The molecular weight excluding hydrogens is 496 g/mol. The minimum atomic E-state index is -0.177. The molecule has 1 heterocycles. The summed E-state index contributed by atoms with van der Waals surface area (Å²) in [6, 6.07) is 11.4. The fourth-order valence-electron chi connectivity index (χ4n) is 5.14. The highest BCUT2D eigenvalue weighted by Gasteiger charge is 2.34. The summed E-state index contributed by atoms with van der Waals surface area (Å²) >= 11 is 1.54. The van der Waals surface area contributed by atoms with Gasteiger partial charge in [0.2, 0.25) is 5.91 Å². The maximum Gasteiger partial charge on any atom is 0.258 e. The van der Waals surface area contributed by atoms with Gasteiger partial charge in [0.1, 0.15) is 5.00 Å². The molecule has 202 valence electrons. The van der Waals surface area contributed by atoms with Crippen LogP contribution in [0, 0.1) is 25.2 Å². The standard InChI is InChI=1S/C31H38N2O4S/c1-18-8-12-23(19(2)14-18)32-29(35)28-22-11-10-21(31(3,4)5)17-26(22)38-30(28)33-27(34)16-20-9-13-24(36-6)25(15-20)37-7/h8-9,12-15,21H,10-11,16-17H2,1-7H3,(H,32,35)(H,33,34).